The normalized spacial score (nSPS) is 10.2. The lowest BCUT2D eigenvalue weighted by Gasteiger charge is -2.09. The lowest BCUT2D eigenvalue weighted by atomic mass is 10.1. The largest absolute Gasteiger partial charge is 0.397 e. The SMILES string of the molecule is NCCOCCOCCNC(=O)c1ccc(N)c(NC=O)c1. The van der Waals surface area contributed by atoms with Crippen LogP contribution in [0.1, 0.15) is 10.4 Å². The first-order chi connectivity index (χ1) is 10.7. The van der Waals surface area contributed by atoms with Gasteiger partial charge in [-0.15, -0.1) is 0 Å². The van der Waals surface area contributed by atoms with Crippen LogP contribution in [-0.4, -0.2) is 51.8 Å². The van der Waals surface area contributed by atoms with Crippen LogP contribution in [0.15, 0.2) is 18.2 Å². The molecule has 0 heterocycles. The van der Waals surface area contributed by atoms with Crippen LogP contribution in [0, 0.1) is 0 Å². The summed E-state index contributed by atoms with van der Waals surface area (Å²) in [6.45, 7) is 2.67. The number of nitrogens with one attached hydrogen (secondary N) is 2. The van der Waals surface area contributed by atoms with Gasteiger partial charge in [-0.3, -0.25) is 9.59 Å². The molecule has 1 aromatic rings. The molecule has 0 aliphatic rings. The van der Waals surface area contributed by atoms with Crippen LogP contribution in [0.2, 0.25) is 0 Å². The molecule has 0 bridgehead atoms. The Balaban J connectivity index is 2.28. The molecular formula is C14H22N4O4. The van der Waals surface area contributed by atoms with Gasteiger partial charge in [0, 0.05) is 18.7 Å². The maximum absolute atomic E-state index is 11.9. The second-order valence-electron chi connectivity index (χ2n) is 4.33. The van der Waals surface area contributed by atoms with Crippen molar-refractivity contribution in [1.82, 2.24) is 5.32 Å². The molecule has 8 nitrogen and oxygen atoms in total. The van der Waals surface area contributed by atoms with Gasteiger partial charge in [0.2, 0.25) is 6.41 Å². The van der Waals surface area contributed by atoms with Crippen molar-refractivity contribution in [2.24, 2.45) is 5.73 Å². The summed E-state index contributed by atoms with van der Waals surface area (Å²) in [6.07, 6.45) is 0.508. The van der Waals surface area contributed by atoms with E-state index in [2.05, 4.69) is 10.6 Å². The van der Waals surface area contributed by atoms with Gasteiger partial charge in [0.15, 0.2) is 0 Å². The van der Waals surface area contributed by atoms with E-state index in [0.717, 1.165) is 0 Å². The van der Waals surface area contributed by atoms with Crippen LogP contribution in [0.5, 0.6) is 0 Å². The van der Waals surface area contributed by atoms with E-state index in [1.807, 2.05) is 0 Å². The summed E-state index contributed by atoms with van der Waals surface area (Å²) in [7, 11) is 0. The number of amides is 2. The molecule has 1 aromatic carbocycles. The first kappa shape index (κ1) is 17.9. The highest BCUT2D eigenvalue weighted by Crippen LogP contribution is 2.19. The number of anilines is 2. The number of hydrogen-bond donors (Lipinski definition) is 4. The fourth-order valence-electron chi connectivity index (χ4n) is 1.63. The van der Waals surface area contributed by atoms with Crippen LogP contribution in [0.4, 0.5) is 11.4 Å². The van der Waals surface area contributed by atoms with Crippen LogP contribution in [-0.2, 0) is 14.3 Å². The van der Waals surface area contributed by atoms with Gasteiger partial charge in [-0.1, -0.05) is 0 Å². The highest BCUT2D eigenvalue weighted by Gasteiger charge is 2.07. The quantitative estimate of drug-likeness (QED) is 0.249. The van der Waals surface area contributed by atoms with E-state index in [-0.39, 0.29) is 5.91 Å². The van der Waals surface area contributed by atoms with E-state index in [9.17, 15) is 9.59 Å². The Morgan fingerprint density at radius 2 is 1.91 bits per heavy atom. The van der Waals surface area contributed by atoms with Crippen molar-refractivity contribution >= 4 is 23.7 Å². The highest BCUT2D eigenvalue weighted by atomic mass is 16.5. The summed E-state index contributed by atoms with van der Waals surface area (Å²) in [5, 5.41) is 5.15. The minimum atomic E-state index is -0.267. The average molecular weight is 310 g/mol. The Hall–Kier alpha value is -2.16. The maximum atomic E-state index is 11.9. The Bertz CT molecular complexity index is 482. The zero-order valence-electron chi connectivity index (χ0n) is 12.3. The minimum Gasteiger partial charge on any atom is -0.397 e. The number of nitrogen functional groups attached to an aromatic ring is 1. The number of rotatable bonds is 11. The minimum absolute atomic E-state index is 0.267. The molecule has 0 aliphatic heterocycles. The van der Waals surface area contributed by atoms with Crippen molar-refractivity contribution in [1.29, 1.82) is 0 Å². The molecule has 0 spiro atoms. The summed E-state index contributed by atoms with van der Waals surface area (Å²) in [5.41, 5.74) is 12.1. The first-order valence-electron chi connectivity index (χ1n) is 6.92. The molecule has 0 atom stereocenters. The van der Waals surface area contributed by atoms with Gasteiger partial charge >= 0.3 is 0 Å². The molecule has 8 heteroatoms. The molecule has 2 amide bonds. The van der Waals surface area contributed by atoms with Gasteiger partial charge in [0.1, 0.15) is 0 Å². The lowest BCUT2D eigenvalue weighted by Crippen LogP contribution is -2.27. The molecule has 0 aromatic heterocycles. The Labute approximate surface area is 129 Å². The zero-order chi connectivity index (χ0) is 16.2. The fraction of sp³-hybridized carbons (Fsp3) is 0.429. The average Bonchev–Trinajstić information content (AvgIpc) is 2.52. The van der Waals surface area contributed by atoms with Gasteiger partial charge in [0.25, 0.3) is 5.91 Å². The van der Waals surface area contributed by atoms with Crippen molar-refractivity contribution in [2.45, 2.75) is 0 Å². The van der Waals surface area contributed by atoms with Crippen molar-refractivity contribution in [3.8, 4) is 0 Å². The summed E-state index contributed by atoms with van der Waals surface area (Å²) in [5.74, 6) is -0.267. The molecule has 22 heavy (non-hydrogen) atoms. The Morgan fingerprint density at radius 3 is 2.59 bits per heavy atom. The number of benzene rings is 1. The monoisotopic (exact) mass is 310 g/mol. The van der Waals surface area contributed by atoms with Crippen molar-refractivity contribution in [3.63, 3.8) is 0 Å². The van der Waals surface area contributed by atoms with Crippen LogP contribution in [0.25, 0.3) is 0 Å². The van der Waals surface area contributed by atoms with Crippen LogP contribution >= 0.6 is 0 Å². The highest BCUT2D eigenvalue weighted by molar-refractivity contribution is 5.97. The molecule has 0 aliphatic carbocycles. The molecule has 0 unspecified atom stereocenters. The lowest BCUT2D eigenvalue weighted by molar-refractivity contribution is -0.105. The predicted octanol–water partition coefficient (Wildman–Crippen LogP) is -0.441. The third-order valence-corrected chi connectivity index (χ3v) is 2.70. The molecular weight excluding hydrogens is 288 g/mol. The third kappa shape index (κ3) is 6.53. The van der Waals surface area contributed by atoms with E-state index >= 15 is 0 Å². The standard InChI is InChI=1S/C14H22N4O4/c15-3-5-21-7-8-22-6-4-17-14(20)11-1-2-12(16)13(9-11)18-10-19/h1-2,9-10H,3-8,15-16H2,(H,17,20)(H,18,19). The molecule has 0 saturated carbocycles. The Morgan fingerprint density at radius 1 is 1.18 bits per heavy atom. The molecule has 6 N–H and O–H groups in total. The van der Waals surface area contributed by atoms with Crippen LogP contribution < -0.4 is 22.1 Å². The molecule has 0 fully saturated rings. The summed E-state index contributed by atoms with van der Waals surface area (Å²) >= 11 is 0. The fourth-order valence-corrected chi connectivity index (χ4v) is 1.63. The topological polar surface area (TPSA) is 129 Å². The van der Waals surface area contributed by atoms with E-state index in [4.69, 9.17) is 20.9 Å². The van der Waals surface area contributed by atoms with E-state index in [0.29, 0.717) is 62.9 Å². The molecule has 1 rings (SSSR count). The maximum Gasteiger partial charge on any atom is 0.251 e. The van der Waals surface area contributed by atoms with E-state index < -0.39 is 0 Å². The van der Waals surface area contributed by atoms with Gasteiger partial charge in [0.05, 0.1) is 37.8 Å². The van der Waals surface area contributed by atoms with Crippen molar-refractivity contribution < 1.29 is 19.1 Å². The summed E-state index contributed by atoms with van der Waals surface area (Å²) < 4.78 is 10.4. The predicted molar refractivity (Wildman–Crippen MR) is 83.6 cm³/mol. The van der Waals surface area contributed by atoms with Gasteiger partial charge in [-0.25, -0.2) is 0 Å². The van der Waals surface area contributed by atoms with Gasteiger partial charge in [-0.05, 0) is 18.2 Å². The zero-order valence-corrected chi connectivity index (χ0v) is 12.3. The second-order valence-corrected chi connectivity index (χ2v) is 4.33. The third-order valence-electron chi connectivity index (χ3n) is 2.70. The number of carbonyl (C=O) groups excluding carboxylic acids is 2. The van der Waals surface area contributed by atoms with Crippen LogP contribution in [0.3, 0.4) is 0 Å². The van der Waals surface area contributed by atoms with Gasteiger partial charge in [-0.2, -0.15) is 0 Å². The number of hydrogen-bond acceptors (Lipinski definition) is 6. The van der Waals surface area contributed by atoms with E-state index in [1.165, 1.54) is 6.07 Å². The number of nitrogens with two attached hydrogens (primary N) is 2. The number of ether oxygens (including phenoxy) is 2. The molecule has 122 valence electrons. The van der Waals surface area contributed by atoms with Crippen molar-refractivity contribution in [2.75, 3.05) is 50.6 Å². The smallest absolute Gasteiger partial charge is 0.251 e. The molecule has 0 radical (unpaired) electrons. The first-order valence-corrected chi connectivity index (χ1v) is 6.92. The van der Waals surface area contributed by atoms with E-state index in [1.54, 1.807) is 12.1 Å². The van der Waals surface area contributed by atoms with Crippen molar-refractivity contribution in [3.05, 3.63) is 23.8 Å². The second kappa shape index (κ2) is 10.6. The summed E-state index contributed by atoms with van der Waals surface area (Å²) in [4.78, 5) is 22.4. The summed E-state index contributed by atoms with van der Waals surface area (Å²) in [6, 6.07) is 4.66. The Kier molecular flexibility index (Phi) is 8.58. The molecule has 0 saturated heterocycles. The number of carbonyl (C=O) groups is 2. The van der Waals surface area contributed by atoms with Gasteiger partial charge < -0.3 is 31.6 Å².